The summed E-state index contributed by atoms with van der Waals surface area (Å²) in [7, 11) is 0. The molecule has 0 saturated heterocycles. The Hall–Kier alpha value is -0.470. The Bertz CT molecular complexity index is 141. The highest BCUT2D eigenvalue weighted by Crippen LogP contribution is 2.59. The van der Waals surface area contributed by atoms with E-state index < -0.39 is 11.6 Å². The van der Waals surface area contributed by atoms with Gasteiger partial charge in [-0.25, -0.2) is 0 Å². The third kappa shape index (κ3) is 1.04. The van der Waals surface area contributed by atoms with Gasteiger partial charge in [0.05, 0.1) is 5.41 Å². The third-order valence-electron chi connectivity index (χ3n) is 1.99. The Kier molecular flexibility index (Phi) is 1.53. The van der Waals surface area contributed by atoms with Crippen molar-refractivity contribution in [2.45, 2.75) is 25.4 Å². The van der Waals surface area contributed by atoms with Gasteiger partial charge in [-0.15, -0.1) is 6.58 Å². The zero-order valence-corrected chi connectivity index (χ0v) is 5.54. The van der Waals surface area contributed by atoms with Crippen molar-refractivity contribution >= 4 is 0 Å². The minimum Gasteiger partial charge on any atom is -0.170 e. The van der Waals surface area contributed by atoms with E-state index >= 15 is 0 Å². The van der Waals surface area contributed by atoms with Crippen LogP contribution in [0.25, 0.3) is 0 Å². The van der Waals surface area contributed by atoms with E-state index in [0.29, 0.717) is 0 Å². The van der Waals surface area contributed by atoms with E-state index in [1.807, 2.05) is 0 Å². The maximum atomic E-state index is 12.0. The average Bonchev–Trinajstić information content (AvgIpc) is 2.45. The highest BCUT2D eigenvalue weighted by molar-refractivity contribution is 5.02. The maximum Gasteiger partial charge on any atom is 0.394 e. The normalized spacial score (nSPS) is 22.3. The van der Waals surface area contributed by atoms with Crippen molar-refractivity contribution in [2.24, 2.45) is 5.41 Å². The predicted molar refractivity (Wildman–Crippen MR) is 32.5 cm³/mol. The van der Waals surface area contributed by atoms with Gasteiger partial charge in [0.15, 0.2) is 0 Å². The van der Waals surface area contributed by atoms with Crippen LogP contribution in [0.1, 0.15) is 19.3 Å². The summed E-state index contributed by atoms with van der Waals surface area (Å²) in [5.74, 6) is 0. The number of halogens is 3. The highest BCUT2D eigenvalue weighted by atomic mass is 19.4. The first-order valence-electron chi connectivity index (χ1n) is 3.19. The van der Waals surface area contributed by atoms with Crippen LogP contribution in [0, 0.1) is 5.41 Å². The molecule has 0 N–H and O–H groups in total. The molecule has 0 spiro atoms. The molecule has 0 aromatic rings. The van der Waals surface area contributed by atoms with Crippen LogP contribution < -0.4 is 0 Å². The first kappa shape index (κ1) is 7.63. The van der Waals surface area contributed by atoms with E-state index in [4.69, 9.17) is 0 Å². The topological polar surface area (TPSA) is 0 Å². The van der Waals surface area contributed by atoms with Crippen LogP contribution >= 0.6 is 0 Å². The molecule has 0 heterocycles. The molecule has 10 heavy (non-hydrogen) atoms. The molecular weight excluding hydrogens is 141 g/mol. The van der Waals surface area contributed by atoms with Crippen LogP contribution in [0.4, 0.5) is 13.2 Å². The van der Waals surface area contributed by atoms with Crippen molar-refractivity contribution in [2.75, 3.05) is 0 Å². The van der Waals surface area contributed by atoms with Gasteiger partial charge in [-0.2, -0.15) is 13.2 Å². The number of hydrogen-bond donors (Lipinski definition) is 0. The summed E-state index contributed by atoms with van der Waals surface area (Å²) in [6, 6.07) is 0. The molecule has 0 aromatic heterocycles. The SMILES string of the molecule is C=CCC1(C(F)(F)F)CC1. The molecule has 0 bridgehead atoms. The largest absolute Gasteiger partial charge is 0.394 e. The Morgan fingerprint density at radius 3 is 2.00 bits per heavy atom. The lowest BCUT2D eigenvalue weighted by Crippen LogP contribution is -2.23. The molecule has 0 nitrogen and oxygen atoms in total. The van der Waals surface area contributed by atoms with Crippen LogP contribution in [0.15, 0.2) is 12.7 Å². The fourth-order valence-electron chi connectivity index (χ4n) is 1.03. The first-order chi connectivity index (χ1) is 4.52. The second kappa shape index (κ2) is 2.01. The molecule has 0 aliphatic heterocycles. The summed E-state index contributed by atoms with van der Waals surface area (Å²) < 4.78 is 36.1. The molecule has 1 aliphatic carbocycles. The zero-order chi connectivity index (χ0) is 7.83. The van der Waals surface area contributed by atoms with Crippen LogP contribution in [0.2, 0.25) is 0 Å². The van der Waals surface area contributed by atoms with Gasteiger partial charge >= 0.3 is 6.18 Å². The number of hydrogen-bond acceptors (Lipinski definition) is 0. The van der Waals surface area contributed by atoms with Crippen molar-refractivity contribution in [3.63, 3.8) is 0 Å². The predicted octanol–water partition coefficient (Wildman–Crippen LogP) is 2.91. The summed E-state index contributed by atoms with van der Waals surface area (Å²) in [5.41, 5.74) is -1.38. The van der Waals surface area contributed by atoms with Crippen LogP contribution in [-0.4, -0.2) is 6.18 Å². The fourth-order valence-corrected chi connectivity index (χ4v) is 1.03. The Balaban J connectivity index is 2.60. The summed E-state index contributed by atoms with van der Waals surface area (Å²) in [5, 5.41) is 0. The summed E-state index contributed by atoms with van der Waals surface area (Å²) in [6.07, 6.45) is -2.02. The van der Waals surface area contributed by atoms with E-state index in [2.05, 4.69) is 6.58 Å². The Morgan fingerprint density at radius 2 is 1.90 bits per heavy atom. The molecule has 1 aliphatic rings. The van der Waals surface area contributed by atoms with Crippen LogP contribution in [0.5, 0.6) is 0 Å². The maximum absolute atomic E-state index is 12.0. The van der Waals surface area contributed by atoms with E-state index in [-0.39, 0.29) is 19.3 Å². The molecule has 58 valence electrons. The molecule has 1 rings (SSSR count). The lowest BCUT2D eigenvalue weighted by Gasteiger charge is -2.16. The minimum absolute atomic E-state index is 0.0799. The number of rotatable bonds is 2. The molecule has 0 radical (unpaired) electrons. The zero-order valence-electron chi connectivity index (χ0n) is 5.54. The third-order valence-corrected chi connectivity index (χ3v) is 1.99. The van der Waals surface area contributed by atoms with E-state index in [1.54, 1.807) is 0 Å². The van der Waals surface area contributed by atoms with Gasteiger partial charge < -0.3 is 0 Å². The lowest BCUT2D eigenvalue weighted by molar-refractivity contribution is -0.185. The number of allylic oxidation sites excluding steroid dienone is 1. The van der Waals surface area contributed by atoms with Gasteiger partial charge in [0, 0.05) is 0 Å². The first-order valence-corrected chi connectivity index (χ1v) is 3.19. The molecule has 0 aromatic carbocycles. The van der Waals surface area contributed by atoms with Gasteiger partial charge in [-0.1, -0.05) is 6.08 Å². The Labute approximate surface area is 57.7 Å². The lowest BCUT2D eigenvalue weighted by atomic mass is 10.0. The molecule has 0 atom stereocenters. The van der Waals surface area contributed by atoms with E-state index in [1.165, 1.54) is 6.08 Å². The van der Waals surface area contributed by atoms with Crippen molar-refractivity contribution in [1.82, 2.24) is 0 Å². The van der Waals surface area contributed by atoms with E-state index in [0.717, 1.165) is 0 Å². The summed E-state index contributed by atoms with van der Waals surface area (Å²) >= 11 is 0. The van der Waals surface area contributed by atoms with Gasteiger partial charge in [-0.05, 0) is 19.3 Å². The van der Waals surface area contributed by atoms with Gasteiger partial charge in [-0.3, -0.25) is 0 Å². The van der Waals surface area contributed by atoms with Crippen molar-refractivity contribution in [1.29, 1.82) is 0 Å². The second-order valence-corrected chi connectivity index (χ2v) is 2.77. The quantitative estimate of drug-likeness (QED) is 0.531. The molecule has 1 fully saturated rings. The number of alkyl halides is 3. The average molecular weight is 150 g/mol. The van der Waals surface area contributed by atoms with Gasteiger partial charge in [0.2, 0.25) is 0 Å². The van der Waals surface area contributed by atoms with Crippen LogP contribution in [-0.2, 0) is 0 Å². The van der Waals surface area contributed by atoms with E-state index in [9.17, 15) is 13.2 Å². The fraction of sp³-hybridized carbons (Fsp3) is 0.714. The molecule has 0 amide bonds. The Morgan fingerprint density at radius 1 is 1.40 bits per heavy atom. The highest BCUT2D eigenvalue weighted by Gasteiger charge is 2.61. The second-order valence-electron chi connectivity index (χ2n) is 2.77. The smallest absolute Gasteiger partial charge is 0.170 e. The van der Waals surface area contributed by atoms with Crippen molar-refractivity contribution in [3.05, 3.63) is 12.7 Å². The summed E-state index contributed by atoms with van der Waals surface area (Å²) in [6.45, 7) is 3.30. The van der Waals surface area contributed by atoms with Crippen molar-refractivity contribution < 1.29 is 13.2 Å². The monoisotopic (exact) mass is 150 g/mol. The molecule has 0 unspecified atom stereocenters. The van der Waals surface area contributed by atoms with Crippen molar-refractivity contribution in [3.8, 4) is 0 Å². The van der Waals surface area contributed by atoms with Gasteiger partial charge in [0.25, 0.3) is 0 Å². The minimum atomic E-state index is -4.01. The van der Waals surface area contributed by atoms with Crippen LogP contribution in [0.3, 0.4) is 0 Å². The standard InChI is InChI=1S/C7H9F3/c1-2-3-6(4-5-6)7(8,9)10/h2H,1,3-5H2. The van der Waals surface area contributed by atoms with Gasteiger partial charge in [0.1, 0.15) is 0 Å². The molecule has 1 saturated carbocycles. The summed E-state index contributed by atoms with van der Waals surface area (Å²) in [4.78, 5) is 0. The molecular formula is C7H9F3. The molecule has 3 heteroatoms.